The van der Waals surface area contributed by atoms with Gasteiger partial charge in [-0.1, -0.05) is 0 Å². The van der Waals surface area contributed by atoms with Crippen LogP contribution in [-0.4, -0.2) is 31.7 Å². The van der Waals surface area contributed by atoms with Crippen molar-refractivity contribution in [1.82, 2.24) is 0 Å². The van der Waals surface area contributed by atoms with E-state index in [1.807, 2.05) is 6.92 Å². The van der Waals surface area contributed by atoms with Gasteiger partial charge in [0.15, 0.2) is 0 Å². The van der Waals surface area contributed by atoms with E-state index in [1.54, 1.807) is 7.11 Å². The van der Waals surface area contributed by atoms with Crippen LogP contribution >= 0.6 is 0 Å². The van der Waals surface area contributed by atoms with Gasteiger partial charge in [-0.15, -0.1) is 0 Å². The Morgan fingerprint density at radius 3 is 2.93 bits per heavy atom. The molecule has 88 valence electrons. The van der Waals surface area contributed by atoms with Crippen molar-refractivity contribution in [3.05, 3.63) is 0 Å². The lowest BCUT2D eigenvalue weighted by Crippen LogP contribution is -2.11. The zero-order valence-corrected chi connectivity index (χ0v) is 9.83. The first-order valence-corrected chi connectivity index (χ1v) is 5.88. The van der Waals surface area contributed by atoms with E-state index in [2.05, 4.69) is 0 Å². The monoisotopic (exact) mass is 214 g/mol. The molecule has 0 aromatic rings. The Morgan fingerprint density at radius 2 is 2.33 bits per heavy atom. The van der Waals surface area contributed by atoms with Crippen molar-refractivity contribution in [3.8, 4) is 0 Å². The summed E-state index contributed by atoms with van der Waals surface area (Å²) in [7, 11) is 1.68. The highest BCUT2D eigenvalue weighted by Crippen LogP contribution is 2.17. The molecule has 1 saturated heterocycles. The lowest BCUT2D eigenvalue weighted by Gasteiger charge is -2.10. The number of ether oxygens (including phenoxy) is 2. The molecule has 1 rings (SSSR count). The van der Waals surface area contributed by atoms with Gasteiger partial charge in [0.1, 0.15) is 5.78 Å². The van der Waals surface area contributed by atoms with Crippen LogP contribution in [0.4, 0.5) is 0 Å². The van der Waals surface area contributed by atoms with Crippen molar-refractivity contribution in [1.29, 1.82) is 0 Å². The number of carbonyl (C=O) groups is 1. The Morgan fingerprint density at radius 1 is 1.53 bits per heavy atom. The molecule has 0 aromatic heterocycles. The van der Waals surface area contributed by atoms with E-state index in [9.17, 15) is 4.79 Å². The fourth-order valence-electron chi connectivity index (χ4n) is 1.80. The first-order chi connectivity index (χ1) is 7.22. The van der Waals surface area contributed by atoms with E-state index in [0.29, 0.717) is 24.7 Å². The number of carbonyl (C=O) groups excluding carboxylic acids is 1. The van der Waals surface area contributed by atoms with Gasteiger partial charge in [-0.05, 0) is 32.6 Å². The average Bonchev–Trinajstić information content (AvgIpc) is 2.75. The second kappa shape index (κ2) is 6.96. The van der Waals surface area contributed by atoms with Gasteiger partial charge in [-0.3, -0.25) is 4.79 Å². The summed E-state index contributed by atoms with van der Waals surface area (Å²) in [5.41, 5.74) is 0. The highest BCUT2D eigenvalue weighted by atomic mass is 16.5. The quantitative estimate of drug-likeness (QED) is 0.652. The Kier molecular flexibility index (Phi) is 5.88. The maximum absolute atomic E-state index is 11.5. The second-order valence-electron chi connectivity index (χ2n) is 4.30. The molecule has 0 aromatic carbocycles. The van der Waals surface area contributed by atoms with E-state index < -0.39 is 0 Å². The third kappa shape index (κ3) is 5.28. The number of methoxy groups -OCH3 is 1. The summed E-state index contributed by atoms with van der Waals surface area (Å²) in [6, 6.07) is 0. The van der Waals surface area contributed by atoms with Crippen LogP contribution in [0.1, 0.15) is 45.4 Å². The molecule has 1 aliphatic rings. The molecule has 0 N–H and O–H groups in total. The molecule has 2 unspecified atom stereocenters. The number of Topliss-reactive ketones (excluding diaryl/α,β-unsaturated/α-hetero) is 1. The molecule has 2 atom stereocenters. The van der Waals surface area contributed by atoms with Crippen LogP contribution < -0.4 is 0 Å². The van der Waals surface area contributed by atoms with Crippen molar-refractivity contribution in [2.45, 2.75) is 57.7 Å². The van der Waals surface area contributed by atoms with Gasteiger partial charge in [-0.2, -0.15) is 0 Å². The summed E-state index contributed by atoms with van der Waals surface area (Å²) in [6.07, 6.45) is 5.86. The van der Waals surface area contributed by atoms with Gasteiger partial charge in [0.2, 0.25) is 0 Å². The van der Waals surface area contributed by atoms with Crippen molar-refractivity contribution in [3.63, 3.8) is 0 Å². The molecule has 1 aliphatic heterocycles. The molecular weight excluding hydrogens is 192 g/mol. The van der Waals surface area contributed by atoms with Crippen LogP contribution in [0.2, 0.25) is 0 Å². The molecular formula is C12H22O3. The number of ketones is 1. The minimum atomic E-state index is 0.191. The third-order valence-corrected chi connectivity index (χ3v) is 3.00. The van der Waals surface area contributed by atoms with Crippen LogP contribution in [0.5, 0.6) is 0 Å². The fraction of sp³-hybridized carbons (Fsp3) is 0.917. The van der Waals surface area contributed by atoms with Gasteiger partial charge in [0, 0.05) is 26.6 Å². The van der Waals surface area contributed by atoms with Gasteiger partial charge in [-0.25, -0.2) is 0 Å². The fourth-order valence-corrected chi connectivity index (χ4v) is 1.80. The summed E-state index contributed by atoms with van der Waals surface area (Å²) in [4.78, 5) is 11.5. The number of hydrogen-bond acceptors (Lipinski definition) is 3. The zero-order valence-electron chi connectivity index (χ0n) is 9.83. The smallest absolute Gasteiger partial charge is 0.133 e. The van der Waals surface area contributed by atoms with Crippen molar-refractivity contribution >= 4 is 5.78 Å². The van der Waals surface area contributed by atoms with Crippen molar-refractivity contribution < 1.29 is 14.3 Å². The second-order valence-corrected chi connectivity index (χ2v) is 4.30. The first-order valence-electron chi connectivity index (χ1n) is 5.88. The van der Waals surface area contributed by atoms with Gasteiger partial charge < -0.3 is 9.47 Å². The SMILES string of the molecule is COC(C)CCC(=O)CCC1CCCO1. The molecule has 15 heavy (non-hydrogen) atoms. The number of hydrogen-bond donors (Lipinski definition) is 0. The van der Waals surface area contributed by atoms with E-state index >= 15 is 0 Å². The van der Waals surface area contributed by atoms with Crippen LogP contribution in [-0.2, 0) is 14.3 Å². The molecule has 0 bridgehead atoms. The highest BCUT2D eigenvalue weighted by Gasteiger charge is 2.16. The molecule has 3 nitrogen and oxygen atoms in total. The Balaban J connectivity index is 2.02. The summed E-state index contributed by atoms with van der Waals surface area (Å²) in [6.45, 7) is 2.87. The minimum absolute atomic E-state index is 0.191. The van der Waals surface area contributed by atoms with Crippen molar-refractivity contribution in [2.75, 3.05) is 13.7 Å². The van der Waals surface area contributed by atoms with Crippen LogP contribution in [0.25, 0.3) is 0 Å². The standard InChI is InChI=1S/C12H22O3/c1-10(14-2)5-6-11(13)7-8-12-4-3-9-15-12/h10,12H,3-9H2,1-2H3. The van der Waals surface area contributed by atoms with E-state index in [1.165, 1.54) is 0 Å². The molecule has 0 radical (unpaired) electrons. The maximum atomic E-state index is 11.5. The zero-order chi connectivity index (χ0) is 11.1. The summed E-state index contributed by atoms with van der Waals surface area (Å²) in [5.74, 6) is 0.342. The van der Waals surface area contributed by atoms with E-state index in [-0.39, 0.29) is 6.10 Å². The molecule has 0 spiro atoms. The predicted octanol–water partition coefficient (Wildman–Crippen LogP) is 2.33. The Labute approximate surface area is 92.1 Å². The minimum Gasteiger partial charge on any atom is -0.382 e. The topological polar surface area (TPSA) is 35.5 Å². The molecule has 0 amide bonds. The lowest BCUT2D eigenvalue weighted by molar-refractivity contribution is -0.120. The maximum Gasteiger partial charge on any atom is 0.133 e. The number of rotatable bonds is 7. The lowest BCUT2D eigenvalue weighted by atomic mass is 10.0. The van der Waals surface area contributed by atoms with Gasteiger partial charge in [0.25, 0.3) is 0 Å². The predicted molar refractivity (Wildman–Crippen MR) is 58.9 cm³/mol. The summed E-state index contributed by atoms with van der Waals surface area (Å²) in [5, 5.41) is 0. The normalized spacial score (nSPS) is 22.9. The van der Waals surface area contributed by atoms with Gasteiger partial charge >= 0.3 is 0 Å². The van der Waals surface area contributed by atoms with E-state index in [4.69, 9.17) is 9.47 Å². The average molecular weight is 214 g/mol. The molecule has 1 heterocycles. The summed E-state index contributed by atoms with van der Waals surface area (Å²) < 4.78 is 10.6. The van der Waals surface area contributed by atoms with Gasteiger partial charge in [0.05, 0.1) is 12.2 Å². The highest BCUT2D eigenvalue weighted by molar-refractivity contribution is 5.78. The molecule has 0 saturated carbocycles. The largest absolute Gasteiger partial charge is 0.382 e. The van der Waals surface area contributed by atoms with Crippen molar-refractivity contribution in [2.24, 2.45) is 0 Å². The molecule has 3 heteroatoms. The van der Waals surface area contributed by atoms with Crippen LogP contribution in [0.3, 0.4) is 0 Å². The molecule has 0 aliphatic carbocycles. The van der Waals surface area contributed by atoms with E-state index in [0.717, 1.165) is 32.3 Å². The Hall–Kier alpha value is -0.410. The van der Waals surface area contributed by atoms with Crippen LogP contribution in [0, 0.1) is 0 Å². The molecule has 1 fully saturated rings. The third-order valence-electron chi connectivity index (χ3n) is 3.00. The van der Waals surface area contributed by atoms with Crippen LogP contribution in [0.15, 0.2) is 0 Å². The first kappa shape index (κ1) is 12.7. The Bertz CT molecular complexity index is 185. The summed E-state index contributed by atoms with van der Waals surface area (Å²) >= 11 is 0.